The minimum atomic E-state index is -1.41. The van der Waals surface area contributed by atoms with Crippen LogP contribution >= 0.6 is 0 Å². The molecule has 2 aromatic rings. The third-order valence-electron chi connectivity index (χ3n) is 5.06. The molecule has 3 N–H and O–H groups in total. The number of carboxylic acids is 1. The van der Waals surface area contributed by atoms with E-state index in [0.29, 0.717) is 6.54 Å². The smallest absolute Gasteiger partial charge is 0.341 e. The highest BCUT2D eigenvalue weighted by molar-refractivity contribution is 5.94. The Bertz CT molecular complexity index is 951. The summed E-state index contributed by atoms with van der Waals surface area (Å²) >= 11 is 0. The molecule has 2 heterocycles. The lowest BCUT2D eigenvalue weighted by atomic mass is 10.00. The average molecular weight is 349 g/mol. The summed E-state index contributed by atoms with van der Waals surface area (Å²) in [5.41, 5.74) is 4.06. The number of hydrogen-bond donors (Lipinski definition) is 2. The molecule has 1 aromatic carbocycles. The Hall–Kier alpha value is -2.48. The topological polar surface area (TPSA) is 88.6 Å². The molecular formula is C17H17F2N3O3. The lowest BCUT2D eigenvalue weighted by molar-refractivity contribution is 0.0695. The molecule has 2 aliphatic rings. The molecule has 0 spiro atoms. The van der Waals surface area contributed by atoms with Crippen LogP contribution in [0.5, 0.6) is 0 Å². The molecular weight excluding hydrogens is 332 g/mol. The molecule has 1 atom stereocenters. The molecule has 6 nitrogen and oxygen atoms in total. The van der Waals surface area contributed by atoms with E-state index in [1.165, 1.54) is 10.8 Å². The Morgan fingerprint density at radius 3 is 2.56 bits per heavy atom. The zero-order valence-electron chi connectivity index (χ0n) is 13.3. The van der Waals surface area contributed by atoms with Crippen LogP contribution in [0, 0.1) is 11.6 Å². The van der Waals surface area contributed by atoms with Crippen LogP contribution < -0.4 is 16.1 Å². The number of aromatic carboxylic acids is 1. The summed E-state index contributed by atoms with van der Waals surface area (Å²) in [6.07, 6.45) is 3.45. The van der Waals surface area contributed by atoms with Gasteiger partial charge >= 0.3 is 5.97 Å². The van der Waals surface area contributed by atoms with Crippen molar-refractivity contribution in [2.45, 2.75) is 31.3 Å². The van der Waals surface area contributed by atoms with Crippen molar-refractivity contribution < 1.29 is 18.7 Å². The number of pyridine rings is 1. The van der Waals surface area contributed by atoms with Crippen LogP contribution in [0.1, 0.15) is 35.7 Å². The molecule has 0 unspecified atom stereocenters. The highest BCUT2D eigenvalue weighted by atomic mass is 19.1. The van der Waals surface area contributed by atoms with Crippen LogP contribution in [-0.2, 0) is 0 Å². The number of halogens is 2. The van der Waals surface area contributed by atoms with Crippen LogP contribution in [0.3, 0.4) is 0 Å². The van der Waals surface area contributed by atoms with Gasteiger partial charge in [-0.2, -0.15) is 0 Å². The molecule has 0 bridgehead atoms. The van der Waals surface area contributed by atoms with Gasteiger partial charge in [-0.1, -0.05) is 0 Å². The van der Waals surface area contributed by atoms with Crippen molar-refractivity contribution in [2.75, 3.05) is 18.0 Å². The maximum atomic E-state index is 15.2. The molecule has 4 rings (SSSR count). The Kier molecular flexibility index (Phi) is 3.54. The number of fused-ring (bicyclic) bond motifs is 1. The maximum Gasteiger partial charge on any atom is 0.341 e. The standard InChI is InChI=1S/C17H17F2N3O3/c18-12-5-10-14(13(19)15(12)21-4-3-9(21)6-20)22(8-1-2-8)7-11(16(10)23)17(24)25/h5,7-9H,1-4,6,20H2,(H,24,25)/t9-/m1/s1. The van der Waals surface area contributed by atoms with Gasteiger partial charge in [0.2, 0.25) is 5.43 Å². The third kappa shape index (κ3) is 2.31. The zero-order valence-corrected chi connectivity index (χ0v) is 13.3. The molecule has 25 heavy (non-hydrogen) atoms. The lowest BCUT2D eigenvalue weighted by Crippen LogP contribution is -2.52. The number of carbonyl (C=O) groups is 1. The number of rotatable bonds is 4. The van der Waals surface area contributed by atoms with Gasteiger partial charge in [0.1, 0.15) is 17.1 Å². The zero-order chi connectivity index (χ0) is 17.9. The van der Waals surface area contributed by atoms with Crippen LogP contribution in [0.2, 0.25) is 0 Å². The number of anilines is 1. The molecule has 8 heteroatoms. The van der Waals surface area contributed by atoms with Crippen LogP contribution in [0.25, 0.3) is 10.9 Å². The van der Waals surface area contributed by atoms with E-state index in [9.17, 15) is 19.1 Å². The summed E-state index contributed by atoms with van der Waals surface area (Å²) < 4.78 is 31.3. The van der Waals surface area contributed by atoms with Gasteiger partial charge in [-0.05, 0) is 25.3 Å². The summed E-state index contributed by atoms with van der Waals surface area (Å²) in [4.78, 5) is 25.3. The van der Waals surface area contributed by atoms with Crippen molar-refractivity contribution in [1.82, 2.24) is 4.57 Å². The highest BCUT2D eigenvalue weighted by Gasteiger charge is 2.35. The van der Waals surface area contributed by atoms with E-state index in [2.05, 4.69) is 0 Å². The number of nitrogens with two attached hydrogens (primary N) is 1. The van der Waals surface area contributed by atoms with E-state index in [1.807, 2.05) is 0 Å². The van der Waals surface area contributed by atoms with Gasteiger partial charge in [-0.25, -0.2) is 13.6 Å². The first kappa shape index (κ1) is 16.0. The minimum absolute atomic E-state index is 0.0310. The first-order valence-electron chi connectivity index (χ1n) is 8.21. The summed E-state index contributed by atoms with van der Waals surface area (Å²) in [6.45, 7) is 0.770. The predicted molar refractivity (Wildman–Crippen MR) is 88.2 cm³/mol. The second-order valence-corrected chi connectivity index (χ2v) is 6.60. The number of aromatic nitrogens is 1. The second-order valence-electron chi connectivity index (χ2n) is 6.60. The number of carboxylic acid groups (broad SMARTS) is 1. The van der Waals surface area contributed by atoms with Gasteiger partial charge < -0.3 is 20.3 Å². The Labute approximate surface area is 141 Å². The van der Waals surface area contributed by atoms with Gasteiger partial charge in [0.05, 0.1) is 10.9 Å². The largest absolute Gasteiger partial charge is 0.477 e. The Morgan fingerprint density at radius 2 is 2.04 bits per heavy atom. The molecule has 2 fully saturated rings. The van der Waals surface area contributed by atoms with Crippen LogP contribution in [0.4, 0.5) is 14.5 Å². The van der Waals surface area contributed by atoms with Crippen LogP contribution in [0.15, 0.2) is 17.1 Å². The molecule has 1 saturated carbocycles. The van der Waals surface area contributed by atoms with Gasteiger partial charge in [0, 0.05) is 31.4 Å². The van der Waals surface area contributed by atoms with Crippen molar-refractivity contribution in [3.8, 4) is 0 Å². The molecule has 1 aliphatic heterocycles. The average Bonchev–Trinajstić information content (AvgIpc) is 3.36. The van der Waals surface area contributed by atoms with Crippen molar-refractivity contribution in [2.24, 2.45) is 5.73 Å². The summed E-state index contributed by atoms with van der Waals surface area (Å²) in [5, 5.41) is 8.98. The first-order chi connectivity index (χ1) is 11.9. The Balaban J connectivity index is 2.03. The maximum absolute atomic E-state index is 15.2. The monoisotopic (exact) mass is 349 g/mol. The van der Waals surface area contributed by atoms with E-state index in [0.717, 1.165) is 25.3 Å². The second kappa shape index (κ2) is 5.52. The van der Waals surface area contributed by atoms with Crippen molar-refractivity contribution in [3.63, 3.8) is 0 Å². The number of nitrogens with zero attached hydrogens (tertiary/aromatic N) is 2. The summed E-state index contributed by atoms with van der Waals surface area (Å²) in [6, 6.07) is 0.740. The SMILES string of the molecule is NC[C@H]1CCN1c1c(F)cc2c(=O)c(C(=O)O)cn(C3CC3)c2c1F. The summed E-state index contributed by atoms with van der Waals surface area (Å²) in [7, 11) is 0. The highest BCUT2D eigenvalue weighted by Crippen LogP contribution is 2.40. The molecule has 1 saturated heterocycles. The third-order valence-corrected chi connectivity index (χ3v) is 5.06. The lowest BCUT2D eigenvalue weighted by Gasteiger charge is -2.42. The molecule has 132 valence electrons. The van der Waals surface area contributed by atoms with Crippen molar-refractivity contribution >= 4 is 22.6 Å². The Morgan fingerprint density at radius 1 is 1.32 bits per heavy atom. The van der Waals surface area contributed by atoms with Crippen molar-refractivity contribution in [3.05, 3.63) is 39.7 Å². The molecule has 1 aromatic heterocycles. The van der Waals surface area contributed by atoms with E-state index < -0.39 is 28.6 Å². The van der Waals surface area contributed by atoms with Gasteiger partial charge in [-0.3, -0.25) is 4.79 Å². The number of benzene rings is 1. The first-order valence-corrected chi connectivity index (χ1v) is 8.21. The normalized spacial score (nSPS) is 20.0. The molecule has 0 amide bonds. The quantitative estimate of drug-likeness (QED) is 0.879. The van der Waals surface area contributed by atoms with Gasteiger partial charge in [-0.15, -0.1) is 0 Å². The van der Waals surface area contributed by atoms with Gasteiger partial charge in [0.15, 0.2) is 5.82 Å². The molecule has 0 radical (unpaired) electrons. The minimum Gasteiger partial charge on any atom is -0.477 e. The summed E-state index contributed by atoms with van der Waals surface area (Å²) in [5.74, 6) is -3.10. The fraction of sp³-hybridized carbons (Fsp3) is 0.412. The number of hydrogen-bond acceptors (Lipinski definition) is 4. The predicted octanol–water partition coefficient (Wildman–Crippen LogP) is 1.85. The van der Waals surface area contributed by atoms with E-state index in [-0.39, 0.29) is 35.2 Å². The van der Waals surface area contributed by atoms with Gasteiger partial charge in [0.25, 0.3) is 0 Å². The van der Waals surface area contributed by atoms with Crippen LogP contribution in [-0.4, -0.2) is 34.8 Å². The molecule has 1 aliphatic carbocycles. The van der Waals surface area contributed by atoms with Crippen molar-refractivity contribution in [1.29, 1.82) is 0 Å². The van der Waals surface area contributed by atoms with E-state index in [4.69, 9.17) is 5.73 Å². The fourth-order valence-electron chi connectivity index (χ4n) is 3.47. The fourth-order valence-corrected chi connectivity index (χ4v) is 3.47. The van der Waals surface area contributed by atoms with E-state index >= 15 is 4.39 Å². The van der Waals surface area contributed by atoms with E-state index in [1.54, 1.807) is 4.90 Å².